The van der Waals surface area contributed by atoms with Gasteiger partial charge in [-0.05, 0) is 25.8 Å². The van der Waals surface area contributed by atoms with Crippen LogP contribution in [0.4, 0.5) is 0 Å². The van der Waals surface area contributed by atoms with Crippen LogP contribution in [0, 0.1) is 0 Å². The number of hydrogen-bond donors (Lipinski definition) is 1. The minimum absolute atomic E-state index is 0.536. The lowest BCUT2D eigenvalue weighted by atomic mass is 10.3. The Morgan fingerprint density at radius 2 is 1.82 bits per heavy atom. The molecule has 0 spiro atoms. The maximum Gasteiger partial charge on any atom is 0.0700 e. The van der Waals surface area contributed by atoms with Crippen LogP contribution in [0.5, 0.6) is 0 Å². The summed E-state index contributed by atoms with van der Waals surface area (Å²) in [5.41, 5.74) is 0. The molecule has 4 heteroatoms. The molecule has 1 N–H and O–H groups in total. The second-order valence-corrected chi connectivity index (χ2v) is 4.49. The summed E-state index contributed by atoms with van der Waals surface area (Å²) >= 11 is 0. The van der Waals surface area contributed by atoms with E-state index in [0.29, 0.717) is 19.3 Å². The van der Waals surface area contributed by atoms with Gasteiger partial charge in [-0.2, -0.15) is 0 Å². The fraction of sp³-hybridized carbons (Fsp3) is 1.00. The highest BCUT2D eigenvalue weighted by Gasteiger charge is 2.14. The molecule has 0 aliphatic heterocycles. The van der Waals surface area contributed by atoms with E-state index in [9.17, 15) is 0 Å². The van der Waals surface area contributed by atoms with E-state index in [0.717, 1.165) is 32.7 Å². The third-order valence-corrected chi connectivity index (χ3v) is 3.01. The van der Waals surface area contributed by atoms with Gasteiger partial charge in [0.05, 0.1) is 25.9 Å². The van der Waals surface area contributed by atoms with Crippen LogP contribution in [-0.2, 0) is 14.2 Å². The molecule has 0 amide bonds. The van der Waals surface area contributed by atoms with Crippen molar-refractivity contribution in [3.05, 3.63) is 0 Å². The van der Waals surface area contributed by atoms with Gasteiger partial charge in [-0.25, -0.2) is 0 Å². The quantitative estimate of drug-likeness (QED) is 0.561. The minimum atomic E-state index is 0.536. The maximum atomic E-state index is 5.75. The Morgan fingerprint density at radius 3 is 2.59 bits per heavy atom. The molecule has 1 fully saturated rings. The molecular formula is C13H27NO3. The fourth-order valence-corrected chi connectivity index (χ4v) is 2.02. The van der Waals surface area contributed by atoms with Gasteiger partial charge >= 0.3 is 0 Å². The average Bonchev–Trinajstić information content (AvgIpc) is 2.85. The summed E-state index contributed by atoms with van der Waals surface area (Å²) in [4.78, 5) is 0. The zero-order valence-electron chi connectivity index (χ0n) is 11.1. The fourth-order valence-electron chi connectivity index (χ4n) is 2.02. The van der Waals surface area contributed by atoms with Crippen LogP contribution >= 0.6 is 0 Å². The Morgan fingerprint density at radius 1 is 1.00 bits per heavy atom. The Kier molecular flexibility index (Phi) is 9.61. The van der Waals surface area contributed by atoms with Gasteiger partial charge in [-0.15, -0.1) is 0 Å². The molecule has 0 atom stereocenters. The summed E-state index contributed by atoms with van der Waals surface area (Å²) in [5, 5.41) is 3.36. The van der Waals surface area contributed by atoms with E-state index in [1.165, 1.54) is 25.7 Å². The maximum absolute atomic E-state index is 5.75. The SMILES string of the molecule is COCCOCCCNCCOC1CCCC1. The van der Waals surface area contributed by atoms with Crippen molar-refractivity contribution >= 4 is 0 Å². The monoisotopic (exact) mass is 245 g/mol. The van der Waals surface area contributed by atoms with Crippen molar-refractivity contribution in [2.75, 3.05) is 46.6 Å². The lowest BCUT2D eigenvalue weighted by Crippen LogP contribution is -2.24. The second kappa shape index (κ2) is 11.0. The van der Waals surface area contributed by atoms with E-state index >= 15 is 0 Å². The van der Waals surface area contributed by atoms with Crippen molar-refractivity contribution in [2.45, 2.75) is 38.2 Å². The standard InChI is InChI=1S/C13H27NO3/c1-15-11-12-16-9-4-7-14-8-10-17-13-5-2-3-6-13/h13-14H,2-12H2,1H3. The van der Waals surface area contributed by atoms with Crippen LogP contribution in [0.2, 0.25) is 0 Å². The molecule has 0 aromatic heterocycles. The minimum Gasteiger partial charge on any atom is -0.382 e. The zero-order valence-corrected chi connectivity index (χ0v) is 11.1. The molecule has 0 radical (unpaired) electrons. The van der Waals surface area contributed by atoms with Crippen molar-refractivity contribution in [1.29, 1.82) is 0 Å². The van der Waals surface area contributed by atoms with Crippen LogP contribution < -0.4 is 5.32 Å². The molecule has 0 aromatic rings. The number of nitrogens with one attached hydrogen (secondary N) is 1. The highest BCUT2D eigenvalue weighted by molar-refractivity contribution is 4.66. The first-order chi connectivity index (χ1) is 8.43. The first kappa shape index (κ1) is 14.9. The first-order valence-electron chi connectivity index (χ1n) is 6.82. The number of hydrogen-bond acceptors (Lipinski definition) is 4. The molecule has 0 bridgehead atoms. The highest BCUT2D eigenvalue weighted by Crippen LogP contribution is 2.20. The summed E-state index contributed by atoms with van der Waals surface area (Å²) in [6.45, 7) is 4.98. The van der Waals surface area contributed by atoms with E-state index in [1.54, 1.807) is 7.11 Å². The summed E-state index contributed by atoms with van der Waals surface area (Å²) in [6, 6.07) is 0. The number of methoxy groups -OCH3 is 1. The topological polar surface area (TPSA) is 39.7 Å². The first-order valence-corrected chi connectivity index (χ1v) is 6.82. The largest absolute Gasteiger partial charge is 0.382 e. The highest BCUT2D eigenvalue weighted by atomic mass is 16.5. The van der Waals surface area contributed by atoms with Gasteiger partial charge in [-0.3, -0.25) is 0 Å². The molecule has 0 aromatic carbocycles. The summed E-state index contributed by atoms with van der Waals surface area (Å²) in [7, 11) is 1.69. The van der Waals surface area contributed by atoms with Crippen LogP contribution in [0.25, 0.3) is 0 Å². The number of ether oxygens (including phenoxy) is 3. The van der Waals surface area contributed by atoms with E-state index < -0.39 is 0 Å². The molecule has 1 aliphatic rings. The van der Waals surface area contributed by atoms with Crippen molar-refractivity contribution in [3.8, 4) is 0 Å². The Bertz CT molecular complexity index is 161. The normalized spacial score (nSPS) is 16.8. The van der Waals surface area contributed by atoms with Gasteiger partial charge in [0.25, 0.3) is 0 Å². The van der Waals surface area contributed by atoms with Crippen molar-refractivity contribution < 1.29 is 14.2 Å². The molecule has 1 saturated carbocycles. The predicted molar refractivity (Wildman–Crippen MR) is 68.4 cm³/mol. The van der Waals surface area contributed by atoms with Gasteiger partial charge in [0.1, 0.15) is 0 Å². The van der Waals surface area contributed by atoms with Gasteiger partial charge < -0.3 is 19.5 Å². The average molecular weight is 245 g/mol. The van der Waals surface area contributed by atoms with Crippen LogP contribution in [0.3, 0.4) is 0 Å². The van der Waals surface area contributed by atoms with Crippen molar-refractivity contribution in [1.82, 2.24) is 5.32 Å². The van der Waals surface area contributed by atoms with E-state index in [-0.39, 0.29) is 0 Å². The van der Waals surface area contributed by atoms with Crippen LogP contribution in [0.15, 0.2) is 0 Å². The predicted octanol–water partition coefficient (Wildman–Crippen LogP) is 1.59. The Balaban J connectivity index is 1.69. The zero-order chi connectivity index (χ0) is 12.2. The summed E-state index contributed by atoms with van der Waals surface area (Å²) < 4.78 is 16.0. The molecule has 4 nitrogen and oxygen atoms in total. The van der Waals surface area contributed by atoms with Gasteiger partial charge in [0.2, 0.25) is 0 Å². The van der Waals surface area contributed by atoms with Gasteiger partial charge in [-0.1, -0.05) is 12.8 Å². The summed E-state index contributed by atoms with van der Waals surface area (Å²) in [5.74, 6) is 0. The molecule has 0 unspecified atom stereocenters. The number of rotatable bonds is 11. The molecule has 0 saturated heterocycles. The molecule has 1 rings (SSSR count). The Hall–Kier alpha value is -0.160. The van der Waals surface area contributed by atoms with Gasteiger partial charge in [0.15, 0.2) is 0 Å². The lowest BCUT2D eigenvalue weighted by Gasteiger charge is -2.11. The molecule has 1 aliphatic carbocycles. The lowest BCUT2D eigenvalue weighted by molar-refractivity contribution is 0.0582. The third kappa shape index (κ3) is 8.55. The van der Waals surface area contributed by atoms with Crippen molar-refractivity contribution in [2.24, 2.45) is 0 Å². The smallest absolute Gasteiger partial charge is 0.0700 e. The van der Waals surface area contributed by atoms with Crippen molar-refractivity contribution in [3.63, 3.8) is 0 Å². The molecule has 0 heterocycles. The molecule has 102 valence electrons. The van der Waals surface area contributed by atoms with E-state index in [1.807, 2.05) is 0 Å². The van der Waals surface area contributed by atoms with Gasteiger partial charge in [0, 0.05) is 20.3 Å². The van der Waals surface area contributed by atoms with E-state index in [4.69, 9.17) is 14.2 Å². The molecular weight excluding hydrogens is 218 g/mol. The summed E-state index contributed by atoms with van der Waals surface area (Å²) in [6.07, 6.45) is 6.79. The van der Waals surface area contributed by atoms with E-state index in [2.05, 4.69) is 5.32 Å². The second-order valence-electron chi connectivity index (χ2n) is 4.49. The van der Waals surface area contributed by atoms with Crippen LogP contribution in [0.1, 0.15) is 32.1 Å². The molecule has 17 heavy (non-hydrogen) atoms. The third-order valence-electron chi connectivity index (χ3n) is 3.01. The van der Waals surface area contributed by atoms with Crippen LogP contribution in [-0.4, -0.2) is 52.7 Å². The Labute approximate surface area is 105 Å².